The minimum atomic E-state index is -0.638. The average molecular weight is 577 g/mol. The summed E-state index contributed by atoms with van der Waals surface area (Å²) in [6.45, 7) is 4.68. The molecule has 0 radical (unpaired) electrons. The van der Waals surface area contributed by atoms with Crippen molar-refractivity contribution in [1.82, 2.24) is 19.4 Å². The summed E-state index contributed by atoms with van der Waals surface area (Å²) in [5.41, 5.74) is 11.2. The Morgan fingerprint density at radius 2 is 1.86 bits per heavy atom. The van der Waals surface area contributed by atoms with Crippen molar-refractivity contribution in [2.45, 2.75) is 13.8 Å². The van der Waals surface area contributed by atoms with Crippen molar-refractivity contribution in [2.24, 2.45) is 5.73 Å². The lowest BCUT2D eigenvalue weighted by molar-refractivity contribution is 0.100. The third-order valence-corrected chi connectivity index (χ3v) is 7.60. The number of ether oxygens (including phenoxy) is 1. The second-order valence-corrected chi connectivity index (χ2v) is 10.2. The lowest BCUT2D eigenvalue weighted by Crippen LogP contribution is -2.31. The quantitative estimate of drug-likeness (QED) is 0.271. The number of benzene rings is 3. The van der Waals surface area contributed by atoms with Crippen LogP contribution in [0, 0.1) is 6.92 Å². The van der Waals surface area contributed by atoms with Crippen molar-refractivity contribution in [3.63, 3.8) is 0 Å². The third kappa shape index (κ3) is 4.90. The van der Waals surface area contributed by atoms with E-state index in [1.54, 1.807) is 54.3 Å². The highest BCUT2D eigenvalue weighted by Crippen LogP contribution is 2.37. The Bertz CT molecular complexity index is 2040. The number of hydrogen-bond donors (Lipinski definition) is 3. The molecule has 1 aliphatic rings. The molecule has 0 fully saturated rings. The summed E-state index contributed by atoms with van der Waals surface area (Å²) in [5.74, 6) is -0.578. The lowest BCUT2D eigenvalue weighted by atomic mass is 9.94. The topological polar surface area (TPSA) is 152 Å². The molecule has 3 aromatic carbocycles. The number of carbonyl (C=O) groups excluding carboxylic acids is 3. The van der Waals surface area contributed by atoms with E-state index in [0.29, 0.717) is 40.8 Å². The standard InChI is InChI=1S/C32H28N6O5/c1-3-43-32(42)37-14-13-19(16-37)27-15-24-21(11-12-23(29(33)39)28(24)35-27)20-8-6-10-25(18(20)2)36-31(41)38-17-34-26-9-5-4-7-22(26)30(38)40/h4-13,15,17,35H,3,14,16H2,1-2H3,(H2,33,39)(H,36,41). The molecule has 0 atom stereocenters. The number of nitrogens with one attached hydrogen (secondary N) is 2. The molecule has 0 unspecified atom stereocenters. The molecule has 3 amide bonds. The minimum absolute atomic E-state index is 0.289. The molecule has 1 aliphatic heterocycles. The molecule has 0 aliphatic carbocycles. The first-order valence-corrected chi connectivity index (χ1v) is 13.7. The summed E-state index contributed by atoms with van der Waals surface area (Å²) in [7, 11) is 0. The van der Waals surface area contributed by atoms with Crippen LogP contribution in [-0.4, -0.2) is 57.2 Å². The molecule has 6 rings (SSSR count). The minimum Gasteiger partial charge on any atom is -0.450 e. The molecule has 0 spiro atoms. The van der Waals surface area contributed by atoms with Crippen LogP contribution in [0.25, 0.3) is 38.5 Å². The Balaban J connectivity index is 1.37. The normalized spacial score (nSPS) is 12.9. The number of nitrogens with two attached hydrogens (primary N) is 1. The summed E-state index contributed by atoms with van der Waals surface area (Å²) in [5, 5.41) is 3.93. The van der Waals surface area contributed by atoms with Gasteiger partial charge in [0.1, 0.15) is 6.33 Å². The van der Waals surface area contributed by atoms with Crippen LogP contribution >= 0.6 is 0 Å². The second kappa shape index (κ2) is 10.9. The van der Waals surface area contributed by atoms with Crippen LogP contribution in [0.2, 0.25) is 0 Å². The van der Waals surface area contributed by atoms with E-state index in [4.69, 9.17) is 10.5 Å². The van der Waals surface area contributed by atoms with E-state index in [2.05, 4.69) is 15.3 Å². The van der Waals surface area contributed by atoms with E-state index in [0.717, 1.165) is 37.9 Å². The predicted molar refractivity (Wildman–Crippen MR) is 164 cm³/mol. The molecule has 216 valence electrons. The van der Waals surface area contributed by atoms with Crippen molar-refractivity contribution >= 4 is 51.1 Å². The largest absolute Gasteiger partial charge is 0.450 e. The number of hydrogen-bond acceptors (Lipinski definition) is 6. The highest BCUT2D eigenvalue weighted by atomic mass is 16.6. The molecule has 0 saturated heterocycles. The molecule has 3 heterocycles. The number of anilines is 1. The number of primary amides is 1. The fraction of sp³-hybridized carbons (Fsp3) is 0.156. The molecule has 4 N–H and O–H groups in total. The summed E-state index contributed by atoms with van der Waals surface area (Å²) < 4.78 is 6.08. The first kappa shape index (κ1) is 27.5. The Morgan fingerprint density at radius 3 is 2.65 bits per heavy atom. The van der Waals surface area contributed by atoms with Gasteiger partial charge in [0.05, 0.1) is 35.1 Å². The maximum Gasteiger partial charge on any atom is 0.410 e. The van der Waals surface area contributed by atoms with E-state index >= 15 is 0 Å². The average Bonchev–Trinajstić information content (AvgIpc) is 3.66. The van der Waals surface area contributed by atoms with Gasteiger partial charge < -0.3 is 25.7 Å². The van der Waals surface area contributed by atoms with Crippen molar-refractivity contribution in [1.29, 1.82) is 0 Å². The van der Waals surface area contributed by atoms with Crippen LogP contribution in [0.15, 0.2) is 77.9 Å². The summed E-state index contributed by atoms with van der Waals surface area (Å²) in [6.07, 6.45) is 2.77. The van der Waals surface area contributed by atoms with Crippen LogP contribution in [-0.2, 0) is 4.74 Å². The highest BCUT2D eigenvalue weighted by molar-refractivity contribution is 6.10. The van der Waals surface area contributed by atoms with Crippen LogP contribution in [0.3, 0.4) is 0 Å². The van der Waals surface area contributed by atoms with Crippen molar-refractivity contribution in [2.75, 3.05) is 25.0 Å². The van der Waals surface area contributed by atoms with Gasteiger partial charge in [0, 0.05) is 23.3 Å². The third-order valence-electron chi connectivity index (χ3n) is 7.60. The summed E-state index contributed by atoms with van der Waals surface area (Å²) in [6, 6.07) is 17.1. The SMILES string of the molecule is CCOC(=O)N1CC=C(c2cc3c(-c4cccc(NC(=O)n5cnc6ccccc6c5=O)c4C)ccc(C(N)=O)c3[nH]2)C1. The van der Waals surface area contributed by atoms with E-state index in [-0.39, 0.29) is 12.7 Å². The molecule has 11 nitrogen and oxygen atoms in total. The zero-order chi connectivity index (χ0) is 30.2. The van der Waals surface area contributed by atoms with Gasteiger partial charge in [-0.3, -0.25) is 9.59 Å². The Labute approximate surface area is 245 Å². The number of rotatable bonds is 5. The Hall–Kier alpha value is -5.71. The van der Waals surface area contributed by atoms with E-state index in [1.165, 1.54) is 6.33 Å². The smallest absolute Gasteiger partial charge is 0.410 e. The predicted octanol–water partition coefficient (Wildman–Crippen LogP) is 4.89. The first-order valence-electron chi connectivity index (χ1n) is 13.7. The molecule has 11 heteroatoms. The van der Waals surface area contributed by atoms with Gasteiger partial charge in [-0.2, -0.15) is 0 Å². The molecule has 43 heavy (non-hydrogen) atoms. The van der Waals surface area contributed by atoms with Gasteiger partial charge in [0.25, 0.3) is 11.5 Å². The summed E-state index contributed by atoms with van der Waals surface area (Å²) in [4.78, 5) is 59.9. The molecule has 0 bridgehead atoms. The maximum absolute atomic E-state index is 13.2. The van der Waals surface area contributed by atoms with Crippen molar-refractivity contribution in [3.05, 3.63) is 100 Å². The van der Waals surface area contributed by atoms with Crippen LogP contribution in [0.4, 0.5) is 15.3 Å². The van der Waals surface area contributed by atoms with Gasteiger partial charge in [-0.15, -0.1) is 0 Å². The van der Waals surface area contributed by atoms with Crippen LogP contribution < -0.4 is 16.6 Å². The van der Waals surface area contributed by atoms with Gasteiger partial charge in [-0.1, -0.05) is 36.4 Å². The van der Waals surface area contributed by atoms with Gasteiger partial charge in [0.15, 0.2) is 0 Å². The molecule has 2 aromatic heterocycles. The molecule has 0 saturated carbocycles. The number of amides is 3. The van der Waals surface area contributed by atoms with E-state index in [9.17, 15) is 19.2 Å². The van der Waals surface area contributed by atoms with Gasteiger partial charge in [-0.05, 0) is 66.4 Å². The fourth-order valence-corrected chi connectivity index (χ4v) is 5.39. The van der Waals surface area contributed by atoms with E-state index < -0.39 is 17.5 Å². The van der Waals surface area contributed by atoms with Crippen LogP contribution in [0.5, 0.6) is 0 Å². The number of aromatic amines is 1. The lowest BCUT2D eigenvalue weighted by Gasteiger charge is -2.15. The number of nitrogens with zero attached hydrogens (tertiary/aromatic N) is 3. The maximum atomic E-state index is 13.2. The summed E-state index contributed by atoms with van der Waals surface area (Å²) >= 11 is 0. The van der Waals surface area contributed by atoms with Crippen LogP contribution in [0.1, 0.15) is 28.5 Å². The van der Waals surface area contributed by atoms with Gasteiger partial charge >= 0.3 is 12.1 Å². The Kier molecular flexibility index (Phi) is 6.98. The number of fused-ring (bicyclic) bond motifs is 2. The number of para-hydroxylation sites is 1. The molecular formula is C32H28N6O5. The van der Waals surface area contributed by atoms with Crippen molar-refractivity contribution < 1.29 is 19.1 Å². The highest BCUT2D eigenvalue weighted by Gasteiger charge is 2.24. The molecule has 5 aromatic rings. The number of H-pyrrole nitrogens is 1. The monoisotopic (exact) mass is 576 g/mol. The first-order chi connectivity index (χ1) is 20.8. The van der Waals surface area contributed by atoms with Gasteiger partial charge in [0.2, 0.25) is 0 Å². The van der Waals surface area contributed by atoms with Crippen molar-refractivity contribution in [3.8, 4) is 11.1 Å². The van der Waals surface area contributed by atoms with Gasteiger partial charge in [-0.25, -0.2) is 19.1 Å². The zero-order valence-corrected chi connectivity index (χ0v) is 23.5. The fourth-order valence-electron chi connectivity index (χ4n) is 5.39. The molecular weight excluding hydrogens is 548 g/mol. The second-order valence-electron chi connectivity index (χ2n) is 10.2. The van der Waals surface area contributed by atoms with E-state index in [1.807, 2.05) is 31.2 Å². The number of aromatic nitrogens is 3. The zero-order valence-electron chi connectivity index (χ0n) is 23.5. The number of carbonyl (C=O) groups is 3. The Morgan fingerprint density at radius 1 is 1.05 bits per heavy atom.